The first kappa shape index (κ1) is 46.0. The minimum atomic E-state index is -0.998. The summed E-state index contributed by atoms with van der Waals surface area (Å²) in [5, 5.41) is 26.5. The molecular weight excluding hydrogens is 666 g/mol. The van der Waals surface area contributed by atoms with Gasteiger partial charge in [-0.25, -0.2) is 0 Å². The summed E-state index contributed by atoms with van der Waals surface area (Å²) in [6.45, 7) is 16.1. The van der Waals surface area contributed by atoms with Crippen molar-refractivity contribution in [2.75, 3.05) is 6.54 Å². The monoisotopic (exact) mass is 731 g/mol. The lowest BCUT2D eigenvalue weighted by Crippen LogP contribution is -2.58. The minimum absolute atomic E-state index is 0.0259. The lowest BCUT2D eigenvalue weighted by atomic mass is 9.97. The Morgan fingerprint density at radius 2 is 1.38 bits per heavy atom. The number of carbonyl (C=O) groups excluding carboxylic acids is 5. The van der Waals surface area contributed by atoms with E-state index in [4.69, 9.17) is 10.8 Å². The topological polar surface area (TPSA) is 221 Å². The third-order valence-corrected chi connectivity index (χ3v) is 8.96. The van der Waals surface area contributed by atoms with E-state index in [1.165, 1.54) is 0 Å². The maximum absolute atomic E-state index is 13.6. The second-order valence-corrected chi connectivity index (χ2v) is 14.5. The lowest BCUT2D eigenvalue weighted by molar-refractivity contribution is -0.137. The number of carboxylic acid groups (broad SMARTS) is 1. The van der Waals surface area contributed by atoms with Gasteiger partial charge in [0.15, 0.2) is 0 Å². The van der Waals surface area contributed by atoms with E-state index in [1.54, 1.807) is 6.92 Å². The Bertz CT molecular complexity index is 1290. The molecule has 0 aliphatic carbocycles. The van der Waals surface area contributed by atoms with Gasteiger partial charge in [-0.1, -0.05) is 85.6 Å². The number of benzene rings is 1. The van der Waals surface area contributed by atoms with Gasteiger partial charge in [-0.3, -0.25) is 28.8 Å². The zero-order valence-electron chi connectivity index (χ0n) is 32.5. The minimum Gasteiger partial charge on any atom is -0.481 e. The van der Waals surface area contributed by atoms with Crippen LogP contribution in [-0.2, 0) is 41.9 Å². The van der Waals surface area contributed by atoms with Crippen molar-refractivity contribution in [2.45, 2.75) is 144 Å². The summed E-state index contributed by atoms with van der Waals surface area (Å²) >= 11 is 0. The lowest BCUT2D eigenvalue weighted by Gasteiger charge is -2.29. The summed E-state index contributed by atoms with van der Waals surface area (Å²) in [5.74, 6) is -3.10. The van der Waals surface area contributed by atoms with Crippen LogP contribution in [0, 0.1) is 17.8 Å². The molecule has 0 bridgehead atoms. The highest BCUT2D eigenvalue weighted by Gasteiger charge is 2.31. The van der Waals surface area contributed by atoms with Crippen molar-refractivity contribution in [3.05, 3.63) is 35.4 Å². The second-order valence-electron chi connectivity index (χ2n) is 14.5. The van der Waals surface area contributed by atoms with Gasteiger partial charge in [0.25, 0.3) is 0 Å². The average molecular weight is 732 g/mol. The first-order valence-electron chi connectivity index (χ1n) is 18.7. The molecular formula is C38H65N7O7. The molecule has 0 radical (unpaired) electrons. The number of aliphatic carboxylic acids is 1. The highest BCUT2D eigenvalue weighted by Crippen LogP contribution is 2.12. The summed E-state index contributed by atoms with van der Waals surface area (Å²) in [6, 6.07) is 4.09. The van der Waals surface area contributed by atoms with E-state index in [0.29, 0.717) is 38.8 Å². The number of hydrogen-bond donors (Lipinski definition) is 8. The quantitative estimate of drug-likeness (QED) is 0.0739. The summed E-state index contributed by atoms with van der Waals surface area (Å²) < 4.78 is 0. The SMILES string of the molecule is CCC[C@H](NC(=O)[C@@H](NC(=O)CCCC(=O)O)[C@@H](C)CC)C(=O)N[C@H](CN[C@@H](C)C(=O)N[C@H](C(=O)NCc1ccc(CN)cc1)C(C)C)CC(C)C. The molecule has 6 atom stereocenters. The standard InChI is InChI=1S/C38H65N7O7/c1-9-12-30(43-38(52)34(25(7)10-2)44-31(46)13-11-14-32(47)48)36(50)42-29(19-23(3)4)22-40-26(8)35(49)45-33(24(5)6)37(51)41-21-28-17-15-27(20-39)16-18-28/h15-18,23-26,29-30,33-34,40H,9-14,19-22,39H2,1-8H3,(H,41,51)(H,42,50)(H,43,52)(H,44,46)(H,45,49)(H,47,48)/t25-,26-,29-,30-,33-,34-/m0/s1. The zero-order chi connectivity index (χ0) is 39.4. The van der Waals surface area contributed by atoms with Crippen molar-refractivity contribution in [3.8, 4) is 0 Å². The molecule has 0 saturated heterocycles. The molecule has 0 aromatic heterocycles. The molecule has 1 aromatic carbocycles. The van der Waals surface area contributed by atoms with Crippen molar-refractivity contribution < 1.29 is 33.9 Å². The molecule has 0 fully saturated rings. The van der Waals surface area contributed by atoms with Crippen LogP contribution in [0.2, 0.25) is 0 Å². The number of carboxylic acids is 1. The Morgan fingerprint density at radius 1 is 0.750 bits per heavy atom. The molecule has 0 spiro atoms. The van der Waals surface area contributed by atoms with Gasteiger partial charge >= 0.3 is 5.97 Å². The van der Waals surface area contributed by atoms with E-state index in [-0.39, 0.29) is 67.3 Å². The van der Waals surface area contributed by atoms with Crippen molar-refractivity contribution >= 4 is 35.5 Å². The summed E-state index contributed by atoms with van der Waals surface area (Å²) in [6.07, 6.45) is 2.16. The molecule has 294 valence electrons. The van der Waals surface area contributed by atoms with E-state index in [2.05, 4.69) is 31.9 Å². The van der Waals surface area contributed by atoms with Crippen LogP contribution in [0.3, 0.4) is 0 Å². The molecule has 0 unspecified atom stereocenters. The van der Waals surface area contributed by atoms with Gasteiger partial charge in [0.2, 0.25) is 29.5 Å². The summed E-state index contributed by atoms with van der Waals surface area (Å²) in [7, 11) is 0. The van der Waals surface area contributed by atoms with Gasteiger partial charge in [0.1, 0.15) is 18.1 Å². The number of rotatable bonds is 25. The Hall–Kier alpha value is -4.04. The van der Waals surface area contributed by atoms with Gasteiger partial charge < -0.3 is 42.7 Å². The van der Waals surface area contributed by atoms with Crippen LogP contribution >= 0.6 is 0 Å². The normalized spacial score (nSPS) is 14.8. The molecule has 0 aliphatic heterocycles. The second kappa shape index (κ2) is 24.2. The molecule has 52 heavy (non-hydrogen) atoms. The first-order chi connectivity index (χ1) is 24.5. The Kier molecular flexibility index (Phi) is 21.4. The van der Waals surface area contributed by atoms with Crippen LogP contribution in [0.1, 0.15) is 111 Å². The summed E-state index contributed by atoms with van der Waals surface area (Å²) in [5.41, 5.74) is 7.58. The van der Waals surface area contributed by atoms with Crippen LogP contribution in [0.5, 0.6) is 0 Å². The average Bonchev–Trinajstić information content (AvgIpc) is 3.09. The fourth-order valence-electron chi connectivity index (χ4n) is 5.55. The van der Waals surface area contributed by atoms with Crippen LogP contribution in [0.25, 0.3) is 0 Å². The summed E-state index contributed by atoms with van der Waals surface area (Å²) in [4.78, 5) is 76.7. The molecule has 14 nitrogen and oxygen atoms in total. The van der Waals surface area contributed by atoms with Gasteiger partial charge in [0.05, 0.1) is 6.04 Å². The Labute approximate surface area is 310 Å². The molecule has 0 aliphatic rings. The molecule has 9 N–H and O–H groups in total. The molecule has 1 rings (SSSR count). The van der Waals surface area contributed by atoms with Crippen molar-refractivity contribution in [1.82, 2.24) is 31.9 Å². The predicted molar refractivity (Wildman–Crippen MR) is 202 cm³/mol. The van der Waals surface area contributed by atoms with Gasteiger partial charge in [0, 0.05) is 38.5 Å². The molecule has 0 heterocycles. The van der Waals surface area contributed by atoms with Crippen molar-refractivity contribution in [2.24, 2.45) is 23.5 Å². The van der Waals surface area contributed by atoms with Gasteiger partial charge in [-0.2, -0.15) is 0 Å². The maximum Gasteiger partial charge on any atom is 0.303 e. The van der Waals surface area contributed by atoms with Crippen LogP contribution in [0.15, 0.2) is 24.3 Å². The highest BCUT2D eigenvalue weighted by atomic mass is 16.4. The number of nitrogens with one attached hydrogen (secondary N) is 6. The van der Waals surface area contributed by atoms with E-state index in [1.807, 2.05) is 72.7 Å². The Morgan fingerprint density at radius 3 is 1.92 bits per heavy atom. The van der Waals surface area contributed by atoms with Gasteiger partial charge in [-0.15, -0.1) is 0 Å². The number of amides is 5. The van der Waals surface area contributed by atoms with E-state index in [9.17, 15) is 28.8 Å². The van der Waals surface area contributed by atoms with Crippen molar-refractivity contribution in [3.63, 3.8) is 0 Å². The predicted octanol–water partition coefficient (Wildman–Crippen LogP) is 2.48. The highest BCUT2D eigenvalue weighted by molar-refractivity contribution is 5.92. The smallest absolute Gasteiger partial charge is 0.303 e. The number of carbonyl (C=O) groups is 6. The van der Waals surface area contributed by atoms with E-state index in [0.717, 1.165) is 11.1 Å². The van der Waals surface area contributed by atoms with Crippen LogP contribution in [-0.4, -0.2) is 77.4 Å². The van der Waals surface area contributed by atoms with Crippen LogP contribution < -0.4 is 37.6 Å². The number of nitrogens with two attached hydrogens (primary N) is 1. The fourth-order valence-corrected chi connectivity index (χ4v) is 5.55. The molecule has 5 amide bonds. The Balaban J connectivity index is 2.89. The largest absolute Gasteiger partial charge is 0.481 e. The van der Waals surface area contributed by atoms with Crippen LogP contribution in [0.4, 0.5) is 0 Å². The third kappa shape index (κ3) is 17.5. The molecule has 1 aromatic rings. The van der Waals surface area contributed by atoms with Gasteiger partial charge in [-0.05, 0) is 55.1 Å². The number of hydrogen-bond acceptors (Lipinski definition) is 8. The van der Waals surface area contributed by atoms with Crippen molar-refractivity contribution in [1.29, 1.82) is 0 Å². The molecule has 0 saturated carbocycles. The molecule has 14 heteroatoms. The van der Waals surface area contributed by atoms with E-state index < -0.39 is 42.0 Å². The maximum atomic E-state index is 13.6. The fraction of sp³-hybridized carbons (Fsp3) is 0.684. The first-order valence-corrected chi connectivity index (χ1v) is 18.7. The zero-order valence-corrected chi connectivity index (χ0v) is 32.5. The third-order valence-electron chi connectivity index (χ3n) is 8.96. The van der Waals surface area contributed by atoms with E-state index >= 15 is 0 Å².